The molecule has 0 unspecified atom stereocenters. The minimum absolute atomic E-state index is 0. The number of nitrogens with zero attached hydrogens (tertiary/aromatic N) is 4. The van der Waals surface area contributed by atoms with Gasteiger partial charge in [0.1, 0.15) is 5.82 Å². The van der Waals surface area contributed by atoms with Gasteiger partial charge >= 0.3 is 0 Å². The van der Waals surface area contributed by atoms with Gasteiger partial charge in [-0.25, -0.2) is 4.98 Å². The molecule has 0 spiro atoms. The molecule has 166 valence electrons. The Kier molecular flexibility index (Phi) is 10.2. The largest absolute Gasteiger partial charge is 0.357 e. The predicted molar refractivity (Wildman–Crippen MR) is 135 cm³/mol. The average molecular weight is 535 g/mol. The van der Waals surface area contributed by atoms with E-state index in [0.29, 0.717) is 25.2 Å². The molecular weight excluding hydrogens is 505 g/mol. The number of benzene rings is 1. The highest BCUT2D eigenvalue weighted by molar-refractivity contribution is 14.0. The van der Waals surface area contributed by atoms with Crippen LogP contribution in [0.4, 0.5) is 0 Å². The summed E-state index contributed by atoms with van der Waals surface area (Å²) in [5.41, 5.74) is 2.75. The van der Waals surface area contributed by atoms with E-state index < -0.39 is 0 Å². The van der Waals surface area contributed by atoms with E-state index in [9.17, 15) is 4.79 Å². The molecule has 0 atom stereocenters. The Morgan fingerprint density at radius 1 is 1.10 bits per heavy atom. The number of aryl methyl sites for hydroxylation is 2. The molecule has 0 bridgehead atoms. The van der Waals surface area contributed by atoms with Crippen molar-refractivity contribution in [1.29, 1.82) is 0 Å². The molecule has 0 saturated carbocycles. The lowest BCUT2D eigenvalue weighted by Crippen LogP contribution is -2.41. The van der Waals surface area contributed by atoms with Crippen LogP contribution in [0.2, 0.25) is 0 Å². The van der Waals surface area contributed by atoms with Crippen molar-refractivity contribution in [2.24, 2.45) is 4.99 Å². The molecular formula is C22H30IN7O. The lowest BCUT2D eigenvalue weighted by atomic mass is 10.3. The van der Waals surface area contributed by atoms with Gasteiger partial charge in [0.25, 0.3) is 5.91 Å². The summed E-state index contributed by atoms with van der Waals surface area (Å²) in [6, 6.07) is 11.7. The molecule has 2 aromatic heterocycles. The number of aliphatic imine (C=N–C) groups is 1. The monoisotopic (exact) mass is 535 g/mol. The number of amides is 1. The average Bonchev–Trinajstić information content (AvgIpc) is 3.09. The standard InChI is InChI=1S/C22H29N7O.HI/c1-3-24-22(27-14-13-25-21(30)18-8-6-11-23-16-18)26-12-7-15-29-17(2)28-19-9-4-5-10-20(19)29;/h4-6,8-11,16H,3,7,12-15H2,1-2H3,(H,25,30)(H2,24,26,27);1H. The number of halogens is 1. The van der Waals surface area contributed by atoms with Crippen molar-refractivity contribution in [2.45, 2.75) is 26.8 Å². The molecule has 0 fully saturated rings. The first-order valence-electron chi connectivity index (χ1n) is 10.3. The van der Waals surface area contributed by atoms with Gasteiger partial charge < -0.3 is 20.5 Å². The number of pyridine rings is 1. The quantitative estimate of drug-likeness (QED) is 0.170. The molecule has 0 aliphatic carbocycles. The van der Waals surface area contributed by atoms with E-state index in [-0.39, 0.29) is 29.9 Å². The van der Waals surface area contributed by atoms with Crippen LogP contribution >= 0.6 is 24.0 Å². The number of guanidine groups is 1. The van der Waals surface area contributed by atoms with Crippen LogP contribution in [0.1, 0.15) is 29.5 Å². The van der Waals surface area contributed by atoms with Crippen LogP contribution in [0.25, 0.3) is 11.0 Å². The summed E-state index contributed by atoms with van der Waals surface area (Å²) in [5.74, 6) is 1.64. The Hall–Kier alpha value is -2.69. The van der Waals surface area contributed by atoms with Crippen molar-refractivity contribution in [1.82, 2.24) is 30.5 Å². The number of aromatic nitrogens is 3. The highest BCUT2D eigenvalue weighted by Crippen LogP contribution is 2.15. The minimum Gasteiger partial charge on any atom is -0.357 e. The van der Waals surface area contributed by atoms with Gasteiger partial charge in [-0.1, -0.05) is 12.1 Å². The maximum Gasteiger partial charge on any atom is 0.252 e. The van der Waals surface area contributed by atoms with Gasteiger partial charge in [0.2, 0.25) is 0 Å². The van der Waals surface area contributed by atoms with Gasteiger partial charge in [-0.3, -0.25) is 14.8 Å². The third-order valence-electron chi connectivity index (χ3n) is 4.63. The fourth-order valence-corrected chi connectivity index (χ4v) is 3.20. The number of hydrogen-bond acceptors (Lipinski definition) is 4. The Labute approximate surface area is 200 Å². The van der Waals surface area contributed by atoms with Crippen LogP contribution in [0.5, 0.6) is 0 Å². The van der Waals surface area contributed by atoms with Gasteiger partial charge in [-0.2, -0.15) is 0 Å². The maximum atomic E-state index is 12.0. The number of para-hydroxylation sites is 2. The minimum atomic E-state index is -0.130. The van der Waals surface area contributed by atoms with E-state index >= 15 is 0 Å². The molecule has 31 heavy (non-hydrogen) atoms. The predicted octanol–water partition coefficient (Wildman–Crippen LogP) is 2.73. The number of fused-ring (bicyclic) bond motifs is 1. The van der Waals surface area contributed by atoms with Crippen LogP contribution in [0.3, 0.4) is 0 Å². The fraction of sp³-hybridized carbons (Fsp3) is 0.364. The number of nitrogens with one attached hydrogen (secondary N) is 3. The van der Waals surface area contributed by atoms with Gasteiger partial charge in [-0.05, 0) is 44.5 Å². The number of carbonyl (C=O) groups excluding carboxylic acids is 1. The normalized spacial score (nSPS) is 11.1. The highest BCUT2D eigenvalue weighted by atomic mass is 127. The Morgan fingerprint density at radius 2 is 1.90 bits per heavy atom. The molecule has 0 aliphatic rings. The molecule has 1 aromatic carbocycles. The topological polar surface area (TPSA) is 96.2 Å². The van der Waals surface area contributed by atoms with Crippen LogP contribution in [0.15, 0.2) is 53.8 Å². The van der Waals surface area contributed by atoms with Gasteiger partial charge in [-0.15, -0.1) is 24.0 Å². The summed E-state index contributed by atoms with van der Waals surface area (Å²) >= 11 is 0. The number of rotatable bonds is 9. The molecule has 9 heteroatoms. The van der Waals surface area contributed by atoms with Crippen LogP contribution < -0.4 is 16.0 Å². The number of imidazole rings is 1. The van der Waals surface area contributed by atoms with Gasteiger partial charge in [0.05, 0.1) is 16.6 Å². The first kappa shape index (κ1) is 24.6. The first-order chi connectivity index (χ1) is 14.7. The van der Waals surface area contributed by atoms with E-state index in [1.807, 2.05) is 32.0 Å². The molecule has 0 saturated heterocycles. The van der Waals surface area contributed by atoms with E-state index in [1.54, 1.807) is 24.5 Å². The zero-order valence-electron chi connectivity index (χ0n) is 18.0. The lowest BCUT2D eigenvalue weighted by Gasteiger charge is -2.12. The second-order valence-corrected chi connectivity index (χ2v) is 6.84. The summed E-state index contributed by atoms with van der Waals surface area (Å²) in [4.78, 5) is 25.2. The molecule has 2 heterocycles. The van der Waals surface area contributed by atoms with Crippen molar-refractivity contribution in [3.63, 3.8) is 0 Å². The Bertz CT molecular complexity index is 988. The summed E-state index contributed by atoms with van der Waals surface area (Å²) < 4.78 is 2.24. The third-order valence-corrected chi connectivity index (χ3v) is 4.63. The van der Waals surface area contributed by atoms with Crippen molar-refractivity contribution in [2.75, 3.05) is 26.2 Å². The highest BCUT2D eigenvalue weighted by Gasteiger charge is 2.06. The van der Waals surface area contributed by atoms with Crippen LogP contribution in [0, 0.1) is 6.92 Å². The molecule has 0 radical (unpaired) electrons. The van der Waals surface area contributed by atoms with Gasteiger partial charge in [0, 0.05) is 45.1 Å². The molecule has 3 rings (SSSR count). The molecule has 8 nitrogen and oxygen atoms in total. The van der Waals surface area contributed by atoms with Gasteiger partial charge in [0.15, 0.2) is 5.96 Å². The first-order valence-corrected chi connectivity index (χ1v) is 10.3. The van der Waals surface area contributed by atoms with Crippen molar-refractivity contribution < 1.29 is 4.79 Å². The second-order valence-electron chi connectivity index (χ2n) is 6.84. The summed E-state index contributed by atoms with van der Waals surface area (Å²) in [6.07, 6.45) is 4.11. The molecule has 3 N–H and O–H groups in total. The zero-order valence-corrected chi connectivity index (χ0v) is 20.3. The van der Waals surface area contributed by atoms with Crippen molar-refractivity contribution in [3.8, 4) is 0 Å². The number of hydrogen-bond donors (Lipinski definition) is 3. The van der Waals surface area contributed by atoms with E-state index in [1.165, 1.54) is 0 Å². The maximum absolute atomic E-state index is 12.0. The van der Waals surface area contributed by atoms with Crippen LogP contribution in [-0.4, -0.2) is 52.6 Å². The van der Waals surface area contributed by atoms with Crippen molar-refractivity contribution in [3.05, 3.63) is 60.2 Å². The Balaban J connectivity index is 0.00000341. The summed E-state index contributed by atoms with van der Waals surface area (Å²) in [7, 11) is 0. The Morgan fingerprint density at radius 3 is 2.68 bits per heavy atom. The molecule has 0 aliphatic heterocycles. The van der Waals surface area contributed by atoms with E-state index in [0.717, 1.165) is 42.3 Å². The molecule has 3 aromatic rings. The third kappa shape index (κ3) is 7.20. The molecule has 1 amide bonds. The van der Waals surface area contributed by atoms with E-state index in [4.69, 9.17) is 0 Å². The lowest BCUT2D eigenvalue weighted by molar-refractivity contribution is 0.0954. The fourth-order valence-electron chi connectivity index (χ4n) is 3.20. The number of carbonyl (C=O) groups is 1. The van der Waals surface area contributed by atoms with Crippen LogP contribution in [-0.2, 0) is 6.54 Å². The second kappa shape index (κ2) is 12.9. The van der Waals surface area contributed by atoms with Crippen molar-refractivity contribution >= 4 is 46.9 Å². The summed E-state index contributed by atoms with van der Waals surface area (Å²) in [5, 5.41) is 9.36. The summed E-state index contributed by atoms with van der Waals surface area (Å²) in [6.45, 7) is 7.50. The zero-order chi connectivity index (χ0) is 21.2. The SMILES string of the molecule is CCNC(=NCCCn1c(C)nc2ccccc21)NCCNC(=O)c1cccnc1.I. The smallest absolute Gasteiger partial charge is 0.252 e. The van der Waals surface area contributed by atoms with E-state index in [2.05, 4.69) is 41.5 Å².